The van der Waals surface area contributed by atoms with Crippen LogP contribution in [0.2, 0.25) is 0 Å². The van der Waals surface area contributed by atoms with Crippen LogP contribution in [0.15, 0.2) is 59.7 Å². The summed E-state index contributed by atoms with van der Waals surface area (Å²) < 4.78 is 0. The number of nitriles is 2. The highest BCUT2D eigenvalue weighted by molar-refractivity contribution is 6.02. The summed E-state index contributed by atoms with van der Waals surface area (Å²) in [5.74, 6) is -1.09. The van der Waals surface area contributed by atoms with Gasteiger partial charge >= 0.3 is 0 Å². The number of phenolic OH excluding ortho intramolecular Hbond substituents is 2. The summed E-state index contributed by atoms with van der Waals surface area (Å²) >= 11 is 0. The molecule has 2 aromatic carbocycles. The van der Waals surface area contributed by atoms with Gasteiger partial charge in [-0.25, -0.2) is 0 Å². The van der Waals surface area contributed by atoms with Crippen LogP contribution in [0.1, 0.15) is 17.5 Å². The van der Waals surface area contributed by atoms with E-state index in [0.717, 1.165) is 0 Å². The molecule has 0 radical (unpaired) electrons. The zero-order chi connectivity index (χ0) is 22.6. The minimum absolute atomic E-state index is 0.0250. The molecule has 0 heterocycles. The van der Waals surface area contributed by atoms with E-state index < -0.39 is 11.8 Å². The molecule has 0 unspecified atom stereocenters. The summed E-state index contributed by atoms with van der Waals surface area (Å²) in [6.45, 7) is 0.409. The van der Waals surface area contributed by atoms with E-state index in [1.165, 1.54) is 36.4 Å². The van der Waals surface area contributed by atoms with Crippen LogP contribution in [-0.2, 0) is 9.59 Å². The molecule has 0 aliphatic rings. The van der Waals surface area contributed by atoms with E-state index in [2.05, 4.69) is 10.6 Å². The second-order valence-electron chi connectivity index (χ2n) is 6.39. The largest absolute Gasteiger partial charge is 0.508 e. The van der Waals surface area contributed by atoms with Gasteiger partial charge in [0, 0.05) is 13.1 Å². The number of phenols is 2. The Morgan fingerprint density at radius 3 is 1.58 bits per heavy atom. The SMILES string of the molecule is N#C/C(=C\c1cccc(O)c1)C(=O)NCCCNC(=O)/C(C#N)=C/c1cccc(O)c1. The third kappa shape index (κ3) is 7.41. The Bertz CT molecular complexity index is 1020. The fourth-order valence-electron chi connectivity index (χ4n) is 2.54. The minimum atomic E-state index is -0.571. The second kappa shape index (κ2) is 11.4. The third-order valence-electron chi connectivity index (χ3n) is 4.02. The van der Waals surface area contributed by atoms with Crippen LogP contribution in [0.3, 0.4) is 0 Å². The van der Waals surface area contributed by atoms with Crippen LogP contribution in [0.25, 0.3) is 12.2 Å². The molecule has 0 aliphatic carbocycles. The molecule has 0 saturated carbocycles. The lowest BCUT2D eigenvalue weighted by molar-refractivity contribution is -0.117. The van der Waals surface area contributed by atoms with E-state index in [1.54, 1.807) is 24.3 Å². The van der Waals surface area contributed by atoms with Crippen molar-refractivity contribution in [3.8, 4) is 23.6 Å². The van der Waals surface area contributed by atoms with Crippen LogP contribution in [0.5, 0.6) is 11.5 Å². The fraction of sp³-hybridized carbons (Fsp3) is 0.130. The van der Waals surface area contributed by atoms with Crippen LogP contribution in [0, 0.1) is 22.7 Å². The molecule has 2 rings (SSSR count). The smallest absolute Gasteiger partial charge is 0.261 e. The van der Waals surface area contributed by atoms with Gasteiger partial charge in [-0.3, -0.25) is 9.59 Å². The highest BCUT2D eigenvalue weighted by Gasteiger charge is 2.10. The number of nitrogens with one attached hydrogen (secondary N) is 2. The Kier molecular flexibility index (Phi) is 8.39. The van der Waals surface area contributed by atoms with Crippen molar-refractivity contribution in [2.75, 3.05) is 13.1 Å². The maximum absolute atomic E-state index is 12.1. The summed E-state index contributed by atoms with van der Waals surface area (Å²) in [4.78, 5) is 24.2. The molecular formula is C23H20N4O4. The van der Waals surface area contributed by atoms with Crippen molar-refractivity contribution in [3.05, 3.63) is 70.8 Å². The standard InChI is InChI=1S/C23H20N4O4/c24-14-18(10-16-4-1-6-20(28)12-16)22(30)26-8-3-9-27-23(31)19(15-25)11-17-5-2-7-21(29)13-17/h1-2,4-7,10-13,28-29H,3,8-9H2,(H,26,30)(H,27,31)/b18-10+,19-11+. The molecule has 31 heavy (non-hydrogen) atoms. The molecule has 156 valence electrons. The van der Waals surface area contributed by atoms with E-state index >= 15 is 0 Å². The van der Waals surface area contributed by atoms with Crippen LogP contribution in [-0.4, -0.2) is 35.1 Å². The first-order valence-corrected chi connectivity index (χ1v) is 9.31. The predicted molar refractivity (Wildman–Crippen MR) is 114 cm³/mol. The number of nitrogens with zero attached hydrogens (tertiary/aromatic N) is 2. The van der Waals surface area contributed by atoms with Crippen molar-refractivity contribution in [1.29, 1.82) is 10.5 Å². The maximum Gasteiger partial charge on any atom is 0.261 e. The average molecular weight is 416 g/mol. The van der Waals surface area contributed by atoms with E-state index in [-0.39, 0.29) is 35.7 Å². The minimum Gasteiger partial charge on any atom is -0.508 e. The van der Waals surface area contributed by atoms with Crippen molar-refractivity contribution in [3.63, 3.8) is 0 Å². The number of amides is 2. The van der Waals surface area contributed by atoms with Gasteiger partial charge in [-0.05, 0) is 54.0 Å². The molecule has 2 aromatic rings. The molecule has 0 saturated heterocycles. The van der Waals surface area contributed by atoms with Crippen molar-refractivity contribution in [1.82, 2.24) is 10.6 Å². The van der Waals surface area contributed by atoms with Crippen molar-refractivity contribution >= 4 is 24.0 Å². The number of benzene rings is 2. The van der Waals surface area contributed by atoms with Gasteiger partial charge in [-0.15, -0.1) is 0 Å². The number of carbonyl (C=O) groups is 2. The molecule has 0 fully saturated rings. The van der Waals surface area contributed by atoms with E-state index in [9.17, 15) is 30.3 Å². The molecule has 8 heteroatoms. The van der Waals surface area contributed by atoms with Gasteiger partial charge < -0.3 is 20.8 Å². The lowest BCUT2D eigenvalue weighted by atomic mass is 10.1. The van der Waals surface area contributed by atoms with Gasteiger partial charge in [0.05, 0.1) is 0 Å². The molecule has 0 bridgehead atoms. The highest BCUT2D eigenvalue weighted by Crippen LogP contribution is 2.15. The normalized spacial score (nSPS) is 11.2. The lowest BCUT2D eigenvalue weighted by Crippen LogP contribution is -2.30. The Morgan fingerprint density at radius 2 is 1.23 bits per heavy atom. The Balaban J connectivity index is 1.82. The van der Waals surface area contributed by atoms with Crippen LogP contribution in [0.4, 0.5) is 0 Å². The molecule has 0 aliphatic heterocycles. The zero-order valence-corrected chi connectivity index (χ0v) is 16.5. The van der Waals surface area contributed by atoms with Gasteiger partial charge in [0.25, 0.3) is 11.8 Å². The van der Waals surface area contributed by atoms with Crippen molar-refractivity contribution < 1.29 is 19.8 Å². The molecule has 0 aromatic heterocycles. The van der Waals surface area contributed by atoms with Gasteiger partial charge in [-0.2, -0.15) is 10.5 Å². The van der Waals surface area contributed by atoms with Crippen LogP contribution < -0.4 is 10.6 Å². The number of aromatic hydroxyl groups is 2. The van der Waals surface area contributed by atoms with Gasteiger partial charge in [0.1, 0.15) is 34.8 Å². The maximum atomic E-state index is 12.1. The summed E-state index contributed by atoms with van der Waals surface area (Å²) in [5.41, 5.74) is 0.800. The first-order valence-electron chi connectivity index (χ1n) is 9.31. The number of hydrogen-bond acceptors (Lipinski definition) is 6. The lowest BCUT2D eigenvalue weighted by Gasteiger charge is -2.06. The average Bonchev–Trinajstić information content (AvgIpc) is 2.75. The molecule has 2 amide bonds. The molecule has 0 spiro atoms. The van der Waals surface area contributed by atoms with Crippen molar-refractivity contribution in [2.45, 2.75) is 6.42 Å². The number of carbonyl (C=O) groups excluding carboxylic acids is 2. The Hall–Kier alpha value is -4.56. The molecule has 4 N–H and O–H groups in total. The van der Waals surface area contributed by atoms with E-state index in [1.807, 2.05) is 12.1 Å². The molecular weight excluding hydrogens is 396 g/mol. The first kappa shape index (κ1) is 22.7. The second-order valence-corrected chi connectivity index (χ2v) is 6.39. The first-order chi connectivity index (χ1) is 14.9. The number of rotatable bonds is 8. The number of hydrogen-bond donors (Lipinski definition) is 4. The van der Waals surface area contributed by atoms with Crippen molar-refractivity contribution in [2.24, 2.45) is 0 Å². The predicted octanol–water partition coefficient (Wildman–Crippen LogP) is 2.23. The zero-order valence-electron chi connectivity index (χ0n) is 16.5. The summed E-state index contributed by atoms with van der Waals surface area (Å²) in [7, 11) is 0. The third-order valence-corrected chi connectivity index (χ3v) is 4.02. The van der Waals surface area contributed by atoms with E-state index in [4.69, 9.17) is 0 Å². The summed E-state index contributed by atoms with van der Waals surface area (Å²) in [6.07, 6.45) is 3.11. The molecule has 0 atom stereocenters. The quantitative estimate of drug-likeness (QED) is 0.295. The van der Waals surface area contributed by atoms with E-state index in [0.29, 0.717) is 17.5 Å². The molecule has 8 nitrogen and oxygen atoms in total. The summed E-state index contributed by atoms with van der Waals surface area (Å²) in [5, 5.41) is 42.4. The highest BCUT2D eigenvalue weighted by atomic mass is 16.3. The summed E-state index contributed by atoms with van der Waals surface area (Å²) in [6, 6.07) is 15.9. The van der Waals surface area contributed by atoms with Gasteiger partial charge in [0.2, 0.25) is 0 Å². The van der Waals surface area contributed by atoms with Crippen LogP contribution >= 0.6 is 0 Å². The topological polar surface area (TPSA) is 146 Å². The van der Waals surface area contributed by atoms with Gasteiger partial charge in [0.15, 0.2) is 0 Å². The Labute approximate surface area is 179 Å². The van der Waals surface area contributed by atoms with Gasteiger partial charge in [-0.1, -0.05) is 24.3 Å². The Morgan fingerprint density at radius 1 is 0.806 bits per heavy atom. The monoisotopic (exact) mass is 416 g/mol. The fourth-order valence-corrected chi connectivity index (χ4v) is 2.54.